The number of nitrogens with zero attached hydrogens (tertiary/aromatic N) is 1. The summed E-state index contributed by atoms with van der Waals surface area (Å²) >= 11 is -2.72. The van der Waals surface area contributed by atoms with E-state index in [9.17, 15) is 13.2 Å². The second-order valence-electron chi connectivity index (χ2n) is 7.36. The molecule has 1 atom stereocenters. The molecule has 146 valence electrons. The molecule has 2 nitrogen and oxygen atoms in total. The Morgan fingerprint density at radius 2 is 1.48 bits per heavy atom. The molecule has 0 saturated carbocycles. The molecule has 1 heterocycles. The first-order valence-corrected chi connectivity index (χ1v) is 17.3. The van der Waals surface area contributed by atoms with Crippen LogP contribution in [-0.4, -0.2) is 29.5 Å². The molecule has 1 unspecified atom stereocenters. The molecule has 25 heavy (non-hydrogen) atoms. The predicted octanol–water partition coefficient (Wildman–Crippen LogP) is 6.47. The van der Waals surface area contributed by atoms with Crippen LogP contribution in [-0.2, 0) is 6.42 Å². The summed E-state index contributed by atoms with van der Waals surface area (Å²) in [7, 11) is 0. The Bertz CT molecular complexity index is 465. The van der Waals surface area contributed by atoms with Crippen molar-refractivity contribution in [1.82, 2.24) is 4.98 Å². The van der Waals surface area contributed by atoms with Gasteiger partial charge in [0.2, 0.25) is 0 Å². The monoisotopic (exact) mass is 469 g/mol. The van der Waals surface area contributed by atoms with Gasteiger partial charge < -0.3 is 0 Å². The average Bonchev–Trinajstić information content (AvgIpc) is 3.03. The molecule has 0 radical (unpaired) electrons. The van der Waals surface area contributed by atoms with Crippen molar-refractivity contribution in [2.45, 2.75) is 92.1 Å². The van der Waals surface area contributed by atoms with Crippen LogP contribution in [0.15, 0.2) is 10.6 Å². The van der Waals surface area contributed by atoms with Crippen molar-refractivity contribution >= 4 is 22.2 Å². The summed E-state index contributed by atoms with van der Waals surface area (Å²) in [5.74, 6) is -1.14. The molecule has 0 aliphatic rings. The first-order chi connectivity index (χ1) is 11.8. The number of hydrogen-bond donors (Lipinski definition) is 0. The van der Waals surface area contributed by atoms with E-state index < -0.39 is 30.5 Å². The molecule has 1 aromatic rings. The van der Waals surface area contributed by atoms with Gasteiger partial charge in [-0.05, 0) is 0 Å². The minimum absolute atomic E-state index is 0.152. The summed E-state index contributed by atoms with van der Waals surface area (Å²) < 4.78 is 49.1. The summed E-state index contributed by atoms with van der Waals surface area (Å²) in [4.78, 5) is 4.25. The standard InChI is InChI=1S/C7H7F3NO.3C4H9.Sn/c1-5(7(8,9)10)4-6-11-2-3-12-6;3*1-3-4-2;/h2,5H,4H2,1H3;3*1,3-4H2,2H3;. The van der Waals surface area contributed by atoms with Gasteiger partial charge in [-0.3, -0.25) is 0 Å². The number of aromatic nitrogens is 1. The van der Waals surface area contributed by atoms with Gasteiger partial charge in [-0.1, -0.05) is 0 Å². The van der Waals surface area contributed by atoms with Gasteiger partial charge in [0.15, 0.2) is 0 Å². The van der Waals surface area contributed by atoms with Crippen molar-refractivity contribution in [2.24, 2.45) is 5.92 Å². The van der Waals surface area contributed by atoms with Crippen LogP contribution < -0.4 is 3.78 Å². The maximum atomic E-state index is 12.8. The Labute approximate surface area is 154 Å². The van der Waals surface area contributed by atoms with Gasteiger partial charge in [-0.15, -0.1) is 0 Å². The van der Waals surface area contributed by atoms with E-state index in [0.29, 0.717) is 0 Å². The van der Waals surface area contributed by atoms with Gasteiger partial charge in [0.05, 0.1) is 0 Å². The van der Waals surface area contributed by atoms with E-state index in [-0.39, 0.29) is 12.3 Å². The zero-order valence-electron chi connectivity index (χ0n) is 16.2. The molecule has 0 N–H and O–H groups in total. The first kappa shape index (κ1) is 22.8. The van der Waals surface area contributed by atoms with Crippen molar-refractivity contribution in [1.29, 1.82) is 0 Å². The van der Waals surface area contributed by atoms with Crippen LogP contribution in [0, 0.1) is 5.92 Å². The number of hydrogen-bond acceptors (Lipinski definition) is 2. The zero-order chi connectivity index (χ0) is 18.9. The molecule has 0 saturated heterocycles. The maximum absolute atomic E-state index is 12.8. The fourth-order valence-corrected chi connectivity index (χ4v) is 18.3. The molecular formula is C19H34F3NOSn. The van der Waals surface area contributed by atoms with Crippen LogP contribution in [0.25, 0.3) is 0 Å². The predicted molar refractivity (Wildman–Crippen MR) is 100.0 cm³/mol. The van der Waals surface area contributed by atoms with Gasteiger partial charge in [0, 0.05) is 0 Å². The Kier molecular flexibility index (Phi) is 9.89. The third-order valence-corrected chi connectivity index (χ3v) is 20.0. The van der Waals surface area contributed by atoms with E-state index in [1.807, 2.05) is 0 Å². The molecule has 0 spiro atoms. The molecule has 0 aliphatic carbocycles. The van der Waals surface area contributed by atoms with Gasteiger partial charge in [0.25, 0.3) is 0 Å². The van der Waals surface area contributed by atoms with E-state index >= 15 is 0 Å². The summed E-state index contributed by atoms with van der Waals surface area (Å²) in [6.07, 6.45) is 4.49. The van der Waals surface area contributed by atoms with E-state index in [1.54, 1.807) is 6.20 Å². The van der Waals surface area contributed by atoms with E-state index in [4.69, 9.17) is 4.42 Å². The molecule has 0 aliphatic heterocycles. The second kappa shape index (κ2) is 10.8. The van der Waals surface area contributed by atoms with Crippen LogP contribution >= 0.6 is 0 Å². The van der Waals surface area contributed by atoms with E-state index in [1.165, 1.54) is 39.5 Å². The van der Waals surface area contributed by atoms with Crippen molar-refractivity contribution in [3.05, 3.63) is 12.1 Å². The molecule has 0 fully saturated rings. The summed E-state index contributed by atoms with van der Waals surface area (Å²) in [5.41, 5.74) is 0. The van der Waals surface area contributed by atoms with E-state index in [0.717, 1.165) is 23.0 Å². The Morgan fingerprint density at radius 3 is 1.88 bits per heavy atom. The minimum atomic E-state index is -4.19. The van der Waals surface area contributed by atoms with E-state index in [2.05, 4.69) is 25.8 Å². The molecule has 0 amide bonds. The van der Waals surface area contributed by atoms with Crippen LogP contribution in [0.3, 0.4) is 0 Å². The van der Waals surface area contributed by atoms with Crippen LogP contribution in [0.1, 0.15) is 72.1 Å². The number of alkyl halides is 3. The average molecular weight is 468 g/mol. The van der Waals surface area contributed by atoms with Crippen molar-refractivity contribution < 1.29 is 17.6 Å². The molecule has 6 heteroatoms. The third-order valence-electron chi connectivity index (χ3n) is 5.14. The number of unbranched alkanes of at least 4 members (excludes halogenated alkanes) is 3. The Balaban J connectivity index is 3.03. The molecule has 0 aromatic carbocycles. The number of rotatable bonds is 12. The van der Waals surface area contributed by atoms with Gasteiger partial charge in [-0.25, -0.2) is 0 Å². The molecular weight excluding hydrogens is 434 g/mol. The summed E-state index contributed by atoms with van der Waals surface area (Å²) in [6, 6.07) is 0. The topological polar surface area (TPSA) is 26.0 Å². The van der Waals surface area contributed by atoms with Gasteiger partial charge in [0.1, 0.15) is 0 Å². The van der Waals surface area contributed by atoms with Crippen molar-refractivity contribution in [3.8, 4) is 0 Å². The SMILES string of the molecule is CCC[CH2][Sn]([CH2]CCC)([CH2]CCC)[c]1cnc(CC(C)C(F)(F)F)o1. The van der Waals surface area contributed by atoms with Crippen LogP contribution in [0.5, 0.6) is 0 Å². The van der Waals surface area contributed by atoms with Crippen molar-refractivity contribution in [2.75, 3.05) is 0 Å². The van der Waals surface area contributed by atoms with Gasteiger partial charge in [-0.2, -0.15) is 0 Å². The Morgan fingerprint density at radius 1 is 1.00 bits per heavy atom. The van der Waals surface area contributed by atoms with Gasteiger partial charge >= 0.3 is 155 Å². The summed E-state index contributed by atoms with van der Waals surface area (Å²) in [6.45, 7) is 7.80. The number of halogens is 3. The van der Waals surface area contributed by atoms with Crippen LogP contribution in [0.2, 0.25) is 13.3 Å². The molecule has 1 aromatic heterocycles. The fraction of sp³-hybridized carbons (Fsp3) is 0.842. The summed E-state index contributed by atoms with van der Waals surface area (Å²) in [5, 5.41) is 0. The van der Waals surface area contributed by atoms with Crippen molar-refractivity contribution in [3.63, 3.8) is 0 Å². The Hall–Kier alpha value is -0.201. The first-order valence-electron chi connectivity index (χ1n) is 9.81. The molecule has 0 bridgehead atoms. The van der Waals surface area contributed by atoms with Crippen LogP contribution in [0.4, 0.5) is 13.2 Å². The fourth-order valence-electron chi connectivity index (χ4n) is 3.32. The second-order valence-corrected chi connectivity index (χ2v) is 20.4. The molecule has 1 rings (SSSR count). The zero-order valence-corrected chi connectivity index (χ0v) is 19.1. The third kappa shape index (κ3) is 7.14. The quantitative estimate of drug-likeness (QED) is 0.329. The normalized spacial score (nSPS) is 14.0. The number of oxazole rings is 1.